The van der Waals surface area contributed by atoms with Crippen LogP contribution in [0.2, 0.25) is 5.15 Å². The SMILES string of the molecule is COc1ncnc(OCOB(O)c2cc3cc(Cl)ncc3n2C)c1Br. The molecule has 0 spiro atoms. The molecule has 130 valence electrons. The summed E-state index contributed by atoms with van der Waals surface area (Å²) in [5, 5.41) is 11.5. The number of fused-ring (bicyclic) bond motifs is 1. The first-order valence-electron chi connectivity index (χ1n) is 7.09. The minimum Gasteiger partial charge on any atom is -0.480 e. The zero-order valence-electron chi connectivity index (χ0n) is 13.3. The number of aryl methyl sites for hydroxylation is 1. The van der Waals surface area contributed by atoms with Crippen LogP contribution in [0.3, 0.4) is 0 Å². The summed E-state index contributed by atoms with van der Waals surface area (Å²) in [4.78, 5) is 11.9. The molecule has 0 aromatic carbocycles. The summed E-state index contributed by atoms with van der Waals surface area (Å²) in [5.74, 6) is 0.579. The number of hydrogen-bond acceptors (Lipinski definition) is 7. The molecule has 25 heavy (non-hydrogen) atoms. The van der Waals surface area contributed by atoms with Crippen molar-refractivity contribution in [1.29, 1.82) is 0 Å². The number of methoxy groups -OCH3 is 1. The third-order valence-corrected chi connectivity index (χ3v) is 4.41. The summed E-state index contributed by atoms with van der Waals surface area (Å²) < 4.78 is 18.0. The predicted octanol–water partition coefficient (Wildman–Crippen LogP) is 1.53. The summed E-state index contributed by atoms with van der Waals surface area (Å²) in [5.41, 5.74) is 1.37. The van der Waals surface area contributed by atoms with Gasteiger partial charge in [-0.05, 0) is 28.1 Å². The Morgan fingerprint density at radius 3 is 2.80 bits per heavy atom. The number of rotatable bonds is 6. The van der Waals surface area contributed by atoms with Gasteiger partial charge < -0.3 is 23.7 Å². The van der Waals surface area contributed by atoms with E-state index in [1.54, 1.807) is 29.9 Å². The van der Waals surface area contributed by atoms with Crippen LogP contribution in [0.1, 0.15) is 0 Å². The van der Waals surface area contributed by atoms with Crippen LogP contribution in [0.25, 0.3) is 10.9 Å². The summed E-state index contributed by atoms with van der Waals surface area (Å²) in [7, 11) is 2.09. The van der Waals surface area contributed by atoms with Gasteiger partial charge in [-0.15, -0.1) is 0 Å². The molecule has 0 aliphatic carbocycles. The lowest BCUT2D eigenvalue weighted by atomic mass is 9.85. The first-order chi connectivity index (χ1) is 12.0. The van der Waals surface area contributed by atoms with Crippen LogP contribution in [-0.2, 0) is 11.7 Å². The van der Waals surface area contributed by atoms with Gasteiger partial charge in [0.25, 0.3) is 0 Å². The summed E-state index contributed by atoms with van der Waals surface area (Å²) in [6.45, 7) is -0.222. The number of ether oxygens (including phenoxy) is 2. The minimum absolute atomic E-state index is 0.222. The maximum absolute atomic E-state index is 10.3. The van der Waals surface area contributed by atoms with Crippen molar-refractivity contribution < 1.29 is 19.2 Å². The second kappa shape index (κ2) is 7.57. The Kier molecular flexibility index (Phi) is 5.43. The van der Waals surface area contributed by atoms with Gasteiger partial charge in [-0.3, -0.25) is 0 Å². The van der Waals surface area contributed by atoms with E-state index in [-0.39, 0.29) is 12.7 Å². The van der Waals surface area contributed by atoms with Gasteiger partial charge in [0.15, 0.2) is 6.79 Å². The van der Waals surface area contributed by atoms with Gasteiger partial charge in [0.05, 0.1) is 18.8 Å². The van der Waals surface area contributed by atoms with Gasteiger partial charge in [0.2, 0.25) is 11.8 Å². The van der Waals surface area contributed by atoms with Crippen LogP contribution < -0.4 is 15.1 Å². The molecule has 0 saturated heterocycles. The average Bonchev–Trinajstić information content (AvgIpc) is 2.92. The van der Waals surface area contributed by atoms with Gasteiger partial charge in [0, 0.05) is 18.0 Å². The second-order valence-corrected chi connectivity index (χ2v) is 6.16. The molecule has 1 N–H and O–H groups in total. The van der Waals surface area contributed by atoms with Crippen molar-refractivity contribution in [2.75, 3.05) is 13.9 Å². The third kappa shape index (κ3) is 3.71. The van der Waals surface area contributed by atoms with E-state index in [0.29, 0.717) is 21.1 Å². The van der Waals surface area contributed by atoms with Crippen molar-refractivity contribution in [3.8, 4) is 11.8 Å². The van der Waals surface area contributed by atoms with Crippen LogP contribution in [0.4, 0.5) is 0 Å². The lowest BCUT2D eigenvalue weighted by Gasteiger charge is -2.12. The van der Waals surface area contributed by atoms with E-state index in [0.717, 1.165) is 10.9 Å². The van der Waals surface area contributed by atoms with Crippen LogP contribution in [0.5, 0.6) is 11.8 Å². The Morgan fingerprint density at radius 1 is 1.28 bits per heavy atom. The molecule has 8 nitrogen and oxygen atoms in total. The van der Waals surface area contributed by atoms with Gasteiger partial charge in [-0.2, -0.15) is 0 Å². The van der Waals surface area contributed by atoms with Gasteiger partial charge in [0.1, 0.15) is 16.0 Å². The molecule has 0 amide bonds. The molecule has 11 heteroatoms. The Balaban J connectivity index is 1.69. The zero-order valence-corrected chi connectivity index (χ0v) is 15.7. The van der Waals surface area contributed by atoms with Crippen LogP contribution >= 0.6 is 27.5 Å². The fourth-order valence-electron chi connectivity index (χ4n) is 2.29. The van der Waals surface area contributed by atoms with E-state index >= 15 is 0 Å². The number of hydrogen-bond donors (Lipinski definition) is 1. The van der Waals surface area contributed by atoms with Crippen molar-refractivity contribution in [2.45, 2.75) is 0 Å². The summed E-state index contributed by atoms with van der Waals surface area (Å²) in [6, 6.07) is 3.49. The van der Waals surface area contributed by atoms with E-state index < -0.39 is 7.12 Å². The number of pyridine rings is 1. The molecule has 0 fully saturated rings. The molecule has 0 aliphatic rings. The maximum atomic E-state index is 10.3. The smallest absolute Gasteiger partial charge is 0.480 e. The Bertz CT molecular complexity index is 910. The monoisotopic (exact) mass is 426 g/mol. The lowest BCUT2D eigenvalue weighted by Crippen LogP contribution is -2.39. The average molecular weight is 427 g/mol. The molecule has 3 aromatic rings. The highest BCUT2D eigenvalue weighted by Gasteiger charge is 2.23. The molecule has 0 unspecified atom stereocenters. The van der Waals surface area contributed by atoms with E-state index in [9.17, 15) is 5.02 Å². The van der Waals surface area contributed by atoms with Crippen molar-refractivity contribution in [1.82, 2.24) is 19.5 Å². The topological polar surface area (TPSA) is 91.5 Å². The first-order valence-corrected chi connectivity index (χ1v) is 8.26. The third-order valence-electron chi connectivity index (χ3n) is 3.53. The second-order valence-electron chi connectivity index (χ2n) is 4.98. The van der Waals surface area contributed by atoms with Gasteiger partial charge in [-0.1, -0.05) is 11.6 Å². The van der Waals surface area contributed by atoms with E-state index in [4.69, 9.17) is 25.7 Å². The molecule has 0 bridgehead atoms. The van der Waals surface area contributed by atoms with Crippen molar-refractivity contribution in [3.63, 3.8) is 0 Å². The predicted molar refractivity (Wildman–Crippen MR) is 96.2 cm³/mol. The molecule has 0 radical (unpaired) electrons. The largest absolute Gasteiger partial charge is 0.511 e. The molecular formula is C14H13BBrClN4O4. The van der Waals surface area contributed by atoms with Crippen LogP contribution in [0.15, 0.2) is 29.1 Å². The lowest BCUT2D eigenvalue weighted by molar-refractivity contribution is 0.0968. The number of aromatic nitrogens is 4. The summed E-state index contributed by atoms with van der Waals surface area (Å²) >= 11 is 9.17. The first kappa shape index (κ1) is 17.9. The molecule has 0 atom stereocenters. The van der Waals surface area contributed by atoms with Crippen molar-refractivity contribution in [2.24, 2.45) is 7.05 Å². The van der Waals surface area contributed by atoms with E-state index in [2.05, 4.69) is 30.9 Å². The quantitative estimate of drug-likeness (QED) is 0.362. The number of halogens is 2. The highest BCUT2D eigenvalue weighted by molar-refractivity contribution is 9.10. The maximum Gasteiger partial charge on any atom is 0.511 e. The molecule has 3 aromatic heterocycles. The zero-order chi connectivity index (χ0) is 18.0. The van der Waals surface area contributed by atoms with Crippen molar-refractivity contribution in [3.05, 3.63) is 34.3 Å². The fourth-order valence-corrected chi connectivity index (χ4v) is 2.93. The van der Waals surface area contributed by atoms with Crippen LogP contribution in [0, 0.1) is 0 Å². The van der Waals surface area contributed by atoms with Crippen molar-refractivity contribution >= 4 is 51.1 Å². The van der Waals surface area contributed by atoms with Gasteiger partial charge >= 0.3 is 7.12 Å². The Hall–Kier alpha value is -1.88. The van der Waals surface area contributed by atoms with Crippen LogP contribution in [-0.4, -0.2) is 45.6 Å². The molecule has 0 saturated carbocycles. The normalized spacial score (nSPS) is 10.9. The van der Waals surface area contributed by atoms with E-state index in [1.165, 1.54) is 13.4 Å². The highest BCUT2D eigenvalue weighted by atomic mass is 79.9. The molecule has 3 rings (SSSR count). The molecule has 0 aliphatic heterocycles. The Labute approximate surface area is 157 Å². The molecule has 3 heterocycles. The summed E-state index contributed by atoms with van der Waals surface area (Å²) in [6.07, 6.45) is 2.94. The van der Waals surface area contributed by atoms with E-state index in [1.807, 2.05) is 0 Å². The number of nitrogens with zero attached hydrogens (tertiary/aromatic N) is 4. The van der Waals surface area contributed by atoms with Gasteiger partial charge in [-0.25, -0.2) is 15.0 Å². The highest BCUT2D eigenvalue weighted by Crippen LogP contribution is 2.29. The standard InChI is InChI=1S/C14H13BBrClN4O4/c1-21-9-5-18-11(17)4-8(9)3-10(21)15(22)25-7-24-14-12(16)13(23-2)19-6-20-14/h3-6,22H,7H2,1-2H3. The minimum atomic E-state index is -1.20. The molecular weight excluding hydrogens is 414 g/mol. The fraction of sp³-hybridized carbons (Fsp3) is 0.214. The Morgan fingerprint density at radius 2 is 2.04 bits per heavy atom.